The zero-order valence-electron chi connectivity index (χ0n) is 18.3. The molecule has 0 bridgehead atoms. The summed E-state index contributed by atoms with van der Waals surface area (Å²) >= 11 is 3.36. The van der Waals surface area contributed by atoms with Crippen LogP contribution in [0.5, 0.6) is 0 Å². The maximum Gasteiger partial charge on any atom is 0.269 e. The third-order valence-electron chi connectivity index (χ3n) is 7.04. The van der Waals surface area contributed by atoms with Gasteiger partial charge in [0.15, 0.2) is 0 Å². The first-order valence-electron chi connectivity index (χ1n) is 11.0. The van der Waals surface area contributed by atoms with Gasteiger partial charge >= 0.3 is 0 Å². The first-order chi connectivity index (χ1) is 17.3. The summed E-state index contributed by atoms with van der Waals surface area (Å²) in [7, 11) is 0. The number of hydrogen-bond acceptors (Lipinski definition) is 7. The summed E-state index contributed by atoms with van der Waals surface area (Å²) in [5, 5.41) is 11.1. The van der Waals surface area contributed by atoms with Crippen LogP contribution in [0, 0.1) is 22.0 Å². The van der Waals surface area contributed by atoms with E-state index in [4.69, 9.17) is 4.74 Å². The molecule has 0 saturated carbocycles. The Morgan fingerprint density at radius 1 is 0.833 bits per heavy atom. The molecule has 3 aliphatic rings. The van der Waals surface area contributed by atoms with Crippen molar-refractivity contribution in [1.82, 2.24) is 0 Å². The Labute approximate surface area is 211 Å². The molecule has 1 spiro atoms. The molecule has 0 unspecified atom stereocenters. The van der Waals surface area contributed by atoms with Crippen LogP contribution in [-0.2, 0) is 14.3 Å². The molecule has 36 heavy (non-hydrogen) atoms. The Kier molecular flexibility index (Phi) is 4.83. The van der Waals surface area contributed by atoms with E-state index >= 15 is 0 Å². The van der Waals surface area contributed by atoms with Gasteiger partial charge in [-0.25, -0.2) is 4.90 Å². The number of amides is 2. The Morgan fingerprint density at radius 3 is 1.97 bits per heavy atom. The molecule has 0 N–H and O–H groups in total. The summed E-state index contributed by atoms with van der Waals surface area (Å²) in [4.78, 5) is 66.4. The number of carbonyl (C=O) groups is 4. The highest BCUT2D eigenvalue weighted by molar-refractivity contribution is 9.10. The van der Waals surface area contributed by atoms with E-state index in [9.17, 15) is 29.3 Å². The first kappa shape index (κ1) is 22.4. The zero-order chi connectivity index (χ0) is 25.4. The van der Waals surface area contributed by atoms with E-state index in [-0.39, 0.29) is 22.5 Å². The van der Waals surface area contributed by atoms with Gasteiger partial charge in [0.05, 0.1) is 28.6 Å². The van der Waals surface area contributed by atoms with E-state index in [0.29, 0.717) is 5.56 Å². The molecule has 3 aromatic carbocycles. The van der Waals surface area contributed by atoms with Crippen molar-refractivity contribution < 1.29 is 28.8 Å². The molecule has 6 rings (SSSR count). The van der Waals surface area contributed by atoms with E-state index in [1.54, 1.807) is 36.4 Å². The third kappa shape index (κ3) is 2.85. The number of ether oxygens (including phenoxy) is 1. The topological polar surface area (TPSA) is 124 Å². The number of carbonyl (C=O) groups excluding carboxylic acids is 4. The molecule has 10 heteroatoms. The van der Waals surface area contributed by atoms with Gasteiger partial charge in [-0.1, -0.05) is 52.3 Å². The van der Waals surface area contributed by atoms with Gasteiger partial charge in [-0.05, 0) is 29.8 Å². The van der Waals surface area contributed by atoms with Gasteiger partial charge in [0.25, 0.3) is 5.69 Å². The minimum absolute atomic E-state index is 0.116. The lowest BCUT2D eigenvalue weighted by molar-refractivity contribution is -0.384. The third-order valence-corrected chi connectivity index (χ3v) is 7.56. The SMILES string of the molecule is O=C1[C@@H]2[C@@H](c3ccc(Br)cc3)OC3(C(=O)c4ccccc4C3=O)[C@@H]2C(=O)N1c1ccc([N+](=O)[O-])cc1. The molecular formula is C26H15BrN2O7. The predicted molar refractivity (Wildman–Crippen MR) is 128 cm³/mol. The average Bonchev–Trinajstić information content (AvgIpc) is 3.44. The molecule has 3 atom stereocenters. The molecular weight excluding hydrogens is 532 g/mol. The highest BCUT2D eigenvalue weighted by Gasteiger charge is 2.74. The van der Waals surface area contributed by atoms with Gasteiger partial charge in [-0.3, -0.25) is 29.3 Å². The number of nitro groups is 1. The number of halogens is 1. The fourth-order valence-electron chi connectivity index (χ4n) is 5.45. The second kappa shape index (κ2) is 7.74. The number of imide groups is 1. The molecule has 2 amide bonds. The predicted octanol–water partition coefficient (Wildman–Crippen LogP) is 4.05. The number of nitro benzene ring substituents is 1. The molecule has 2 saturated heterocycles. The number of Topliss-reactive ketones (excluding diaryl/α,β-unsaturated/α-hetero) is 2. The summed E-state index contributed by atoms with van der Waals surface area (Å²) in [6.07, 6.45) is -1.04. The molecule has 2 heterocycles. The number of nitrogens with zero attached hydrogens (tertiary/aromatic N) is 2. The molecule has 2 fully saturated rings. The molecule has 9 nitrogen and oxygen atoms in total. The minimum atomic E-state index is -2.17. The lowest BCUT2D eigenvalue weighted by Gasteiger charge is -2.27. The van der Waals surface area contributed by atoms with Gasteiger partial charge in [0.2, 0.25) is 29.0 Å². The lowest BCUT2D eigenvalue weighted by atomic mass is 9.77. The quantitative estimate of drug-likeness (QED) is 0.210. The van der Waals surface area contributed by atoms with Crippen LogP contribution in [0.2, 0.25) is 0 Å². The van der Waals surface area contributed by atoms with Crippen LogP contribution in [0.15, 0.2) is 77.3 Å². The summed E-state index contributed by atoms with van der Waals surface area (Å²) in [5.74, 6) is -5.22. The second-order valence-corrected chi connectivity index (χ2v) is 9.73. The van der Waals surface area contributed by atoms with Crippen LogP contribution in [0.3, 0.4) is 0 Å². The number of ketones is 2. The van der Waals surface area contributed by atoms with Crippen LogP contribution in [0.4, 0.5) is 11.4 Å². The number of fused-ring (bicyclic) bond motifs is 3. The number of benzene rings is 3. The zero-order valence-corrected chi connectivity index (χ0v) is 19.9. The van der Waals surface area contributed by atoms with Gasteiger partial charge in [-0.2, -0.15) is 0 Å². The van der Waals surface area contributed by atoms with Gasteiger partial charge in [-0.15, -0.1) is 0 Å². The smallest absolute Gasteiger partial charge is 0.269 e. The molecule has 3 aromatic rings. The van der Waals surface area contributed by atoms with Crippen molar-refractivity contribution in [3.8, 4) is 0 Å². The Balaban J connectivity index is 1.51. The lowest BCUT2D eigenvalue weighted by Crippen LogP contribution is -2.51. The van der Waals surface area contributed by atoms with Gasteiger partial charge in [0.1, 0.15) is 0 Å². The van der Waals surface area contributed by atoms with Gasteiger partial charge in [0, 0.05) is 27.7 Å². The Bertz CT molecular complexity index is 1460. The molecule has 0 aromatic heterocycles. The van der Waals surface area contributed by atoms with Crippen molar-refractivity contribution in [2.24, 2.45) is 11.8 Å². The van der Waals surface area contributed by atoms with Crippen molar-refractivity contribution in [2.75, 3.05) is 4.90 Å². The highest BCUT2D eigenvalue weighted by Crippen LogP contribution is 2.57. The normalized spacial score (nSPS) is 23.9. The van der Waals surface area contributed by atoms with E-state index in [1.165, 1.54) is 36.4 Å². The van der Waals surface area contributed by atoms with Crippen LogP contribution < -0.4 is 4.90 Å². The van der Waals surface area contributed by atoms with E-state index in [2.05, 4.69) is 15.9 Å². The van der Waals surface area contributed by atoms with Crippen molar-refractivity contribution in [1.29, 1.82) is 0 Å². The first-order valence-corrected chi connectivity index (χ1v) is 11.8. The maximum atomic E-state index is 13.8. The fraction of sp³-hybridized carbons (Fsp3) is 0.154. The Hall–Kier alpha value is -4.02. The molecule has 2 aliphatic heterocycles. The van der Waals surface area contributed by atoms with E-state index in [0.717, 1.165) is 9.37 Å². The molecule has 178 valence electrons. The van der Waals surface area contributed by atoms with Crippen LogP contribution >= 0.6 is 15.9 Å². The monoisotopic (exact) mass is 546 g/mol. The highest BCUT2D eigenvalue weighted by atomic mass is 79.9. The van der Waals surface area contributed by atoms with E-state index < -0.39 is 51.8 Å². The van der Waals surface area contributed by atoms with Crippen molar-refractivity contribution in [3.05, 3.63) is 104 Å². The number of anilines is 1. The molecule has 0 radical (unpaired) electrons. The van der Waals surface area contributed by atoms with Gasteiger partial charge < -0.3 is 4.74 Å². The average molecular weight is 547 g/mol. The standard InChI is InChI=1S/C26H15BrN2O7/c27-14-7-5-13(6-8-14)21-19-20(26(36-21)22(30)17-3-1-2-4-18(17)23(26)31)25(33)28(24(19)32)15-9-11-16(12-10-15)29(34)35/h1-12,19-21H/t19-,20-,21+/m0/s1. The number of hydrogen-bond donors (Lipinski definition) is 0. The number of non-ortho nitro benzene ring substituents is 1. The largest absolute Gasteiger partial charge is 0.349 e. The molecule has 1 aliphatic carbocycles. The summed E-state index contributed by atoms with van der Waals surface area (Å²) in [6.45, 7) is 0. The number of rotatable bonds is 3. The fourth-order valence-corrected chi connectivity index (χ4v) is 5.71. The Morgan fingerprint density at radius 2 is 1.42 bits per heavy atom. The minimum Gasteiger partial charge on any atom is -0.349 e. The van der Waals surface area contributed by atoms with Crippen LogP contribution in [-0.4, -0.2) is 33.9 Å². The van der Waals surface area contributed by atoms with Crippen molar-refractivity contribution >= 4 is 50.7 Å². The van der Waals surface area contributed by atoms with Crippen molar-refractivity contribution in [2.45, 2.75) is 11.7 Å². The maximum absolute atomic E-state index is 13.8. The summed E-state index contributed by atoms with van der Waals surface area (Å²) < 4.78 is 6.99. The van der Waals surface area contributed by atoms with E-state index in [1.807, 2.05) is 0 Å². The second-order valence-electron chi connectivity index (χ2n) is 8.82. The van der Waals surface area contributed by atoms with Crippen LogP contribution in [0.25, 0.3) is 0 Å². The summed E-state index contributed by atoms with van der Waals surface area (Å²) in [5.41, 5.74) is -1.44. The van der Waals surface area contributed by atoms with Crippen molar-refractivity contribution in [3.63, 3.8) is 0 Å². The van der Waals surface area contributed by atoms with Crippen LogP contribution in [0.1, 0.15) is 32.4 Å². The summed E-state index contributed by atoms with van der Waals surface area (Å²) in [6, 6.07) is 18.1.